The number of ether oxygens (including phenoxy) is 1. The lowest BCUT2D eigenvalue weighted by Gasteiger charge is -2.26. The van der Waals surface area contributed by atoms with E-state index in [1.54, 1.807) is 7.11 Å². The number of rotatable bonds is 8. The molecule has 0 aromatic heterocycles. The van der Waals surface area contributed by atoms with Gasteiger partial charge in [-0.3, -0.25) is 0 Å². The largest absolute Gasteiger partial charge is 0.380 e. The van der Waals surface area contributed by atoms with Gasteiger partial charge in [-0.05, 0) is 44.0 Å². The van der Waals surface area contributed by atoms with E-state index in [1.165, 1.54) is 43.5 Å². The van der Waals surface area contributed by atoms with Gasteiger partial charge in [-0.15, -0.1) is 24.0 Å². The Morgan fingerprint density at radius 1 is 1.08 bits per heavy atom. The van der Waals surface area contributed by atoms with E-state index in [2.05, 4.69) is 51.7 Å². The molecule has 1 saturated heterocycles. The van der Waals surface area contributed by atoms with E-state index < -0.39 is 0 Å². The molecule has 1 aliphatic rings. The molecule has 0 saturated carbocycles. The molecule has 142 valence electrons. The summed E-state index contributed by atoms with van der Waals surface area (Å²) < 4.78 is 5.14. The predicted octanol–water partition coefficient (Wildman–Crippen LogP) is 2.99. The van der Waals surface area contributed by atoms with Crippen LogP contribution in [0.15, 0.2) is 29.3 Å². The van der Waals surface area contributed by atoms with Crippen LogP contribution in [0.5, 0.6) is 0 Å². The molecule has 0 aliphatic carbocycles. The number of aliphatic imine (C=N–C) groups is 1. The lowest BCUT2D eigenvalue weighted by Crippen LogP contribution is -2.42. The highest BCUT2D eigenvalue weighted by molar-refractivity contribution is 14.0. The molecule has 0 spiro atoms. The van der Waals surface area contributed by atoms with Crippen molar-refractivity contribution >= 4 is 29.9 Å². The maximum atomic E-state index is 5.14. The Hall–Kier alpha value is -0.860. The third kappa shape index (κ3) is 8.87. The van der Waals surface area contributed by atoms with Gasteiger partial charge >= 0.3 is 0 Å². The third-order valence-electron chi connectivity index (χ3n) is 4.27. The molecular weight excluding hydrogens is 427 g/mol. The van der Waals surface area contributed by atoms with Gasteiger partial charge < -0.3 is 20.3 Å². The summed E-state index contributed by atoms with van der Waals surface area (Å²) in [5, 5.41) is 6.77. The molecule has 2 rings (SSSR count). The second-order valence-electron chi connectivity index (χ2n) is 6.27. The van der Waals surface area contributed by atoms with E-state index in [0.29, 0.717) is 13.2 Å². The molecule has 25 heavy (non-hydrogen) atoms. The van der Waals surface area contributed by atoms with Gasteiger partial charge in [-0.2, -0.15) is 0 Å². The van der Waals surface area contributed by atoms with Crippen molar-refractivity contribution in [2.75, 3.05) is 39.8 Å². The maximum absolute atomic E-state index is 5.14. The Labute approximate surface area is 169 Å². The van der Waals surface area contributed by atoms with E-state index in [9.17, 15) is 0 Å². The predicted molar refractivity (Wildman–Crippen MR) is 116 cm³/mol. The summed E-state index contributed by atoms with van der Waals surface area (Å²) in [6.45, 7) is 8.83. The second kappa shape index (κ2) is 13.4. The van der Waals surface area contributed by atoms with Crippen molar-refractivity contribution in [1.82, 2.24) is 15.5 Å². The fraction of sp³-hybridized carbons (Fsp3) is 0.632. The van der Waals surface area contributed by atoms with Gasteiger partial charge in [-0.1, -0.05) is 30.7 Å². The molecule has 1 aromatic carbocycles. The first-order valence-electron chi connectivity index (χ1n) is 9.13. The Bertz CT molecular complexity index is 487. The minimum absolute atomic E-state index is 0. The van der Waals surface area contributed by atoms with Gasteiger partial charge in [-0.25, -0.2) is 4.99 Å². The van der Waals surface area contributed by atoms with Crippen LogP contribution in [0.4, 0.5) is 0 Å². The number of halogens is 1. The van der Waals surface area contributed by atoms with Crippen LogP contribution < -0.4 is 10.6 Å². The molecule has 1 aliphatic heterocycles. The summed E-state index contributed by atoms with van der Waals surface area (Å²) in [4.78, 5) is 7.22. The molecular formula is C19H33IN4O. The average Bonchev–Trinajstić information content (AvgIpc) is 2.62. The molecule has 5 nitrogen and oxygen atoms in total. The molecule has 1 fully saturated rings. The fourth-order valence-corrected chi connectivity index (χ4v) is 2.94. The van der Waals surface area contributed by atoms with Crippen LogP contribution >= 0.6 is 24.0 Å². The Morgan fingerprint density at radius 2 is 1.76 bits per heavy atom. The van der Waals surface area contributed by atoms with Crippen LogP contribution in [0.3, 0.4) is 0 Å². The van der Waals surface area contributed by atoms with Crippen molar-refractivity contribution in [3.8, 4) is 0 Å². The molecule has 2 N–H and O–H groups in total. The first kappa shape index (κ1) is 22.2. The van der Waals surface area contributed by atoms with E-state index in [-0.39, 0.29) is 24.0 Å². The molecule has 0 atom stereocenters. The Kier molecular flexibility index (Phi) is 11.9. The SMILES string of the molecule is CCNC(=NCc1ccc(COC)cc1)NCCN1CCCCC1.I. The number of guanidine groups is 1. The summed E-state index contributed by atoms with van der Waals surface area (Å²) in [5.41, 5.74) is 2.40. The van der Waals surface area contributed by atoms with Crippen LogP contribution in [0.2, 0.25) is 0 Å². The fourth-order valence-electron chi connectivity index (χ4n) is 2.94. The van der Waals surface area contributed by atoms with Crippen LogP contribution in [-0.2, 0) is 17.9 Å². The number of nitrogens with zero attached hydrogens (tertiary/aromatic N) is 2. The highest BCUT2D eigenvalue weighted by Gasteiger charge is 2.09. The monoisotopic (exact) mass is 460 g/mol. The van der Waals surface area contributed by atoms with Crippen molar-refractivity contribution in [2.24, 2.45) is 4.99 Å². The van der Waals surface area contributed by atoms with Gasteiger partial charge in [0, 0.05) is 26.7 Å². The number of methoxy groups -OCH3 is 1. The number of piperidine rings is 1. The highest BCUT2D eigenvalue weighted by Crippen LogP contribution is 2.08. The standard InChI is InChI=1S/C19H32N4O.HI/c1-3-20-19(21-11-14-23-12-5-4-6-13-23)22-15-17-7-9-18(10-8-17)16-24-2;/h7-10H,3-6,11-16H2,1-2H3,(H2,20,21,22);1H. The smallest absolute Gasteiger partial charge is 0.191 e. The van der Waals surface area contributed by atoms with Crippen molar-refractivity contribution < 1.29 is 4.74 Å². The average molecular weight is 460 g/mol. The molecule has 1 heterocycles. The highest BCUT2D eigenvalue weighted by atomic mass is 127. The Morgan fingerprint density at radius 3 is 2.40 bits per heavy atom. The van der Waals surface area contributed by atoms with E-state index in [4.69, 9.17) is 4.74 Å². The summed E-state index contributed by atoms with van der Waals surface area (Å²) in [5.74, 6) is 0.899. The normalized spacial score (nSPS) is 15.5. The van der Waals surface area contributed by atoms with Crippen LogP contribution in [0.25, 0.3) is 0 Å². The molecule has 0 amide bonds. The number of hydrogen-bond acceptors (Lipinski definition) is 3. The lowest BCUT2D eigenvalue weighted by atomic mass is 10.1. The van der Waals surface area contributed by atoms with Gasteiger partial charge in [0.25, 0.3) is 0 Å². The summed E-state index contributed by atoms with van der Waals surface area (Å²) in [7, 11) is 1.72. The second-order valence-corrected chi connectivity index (χ2v) is 6.27. The van der Waals surface area contributed by atoms with E-state index >= 15 is 0 Å². The van der Waals surface area contributed by atoms with Crippen LogP contribution in [0.1, 0.15) is 37.3 Å². The maximum Gasteiger partial charge on any atom is 0.191 e. The van der Waals surface area contributed by atoms with Crippen molar-refractivity contribution in [2.45, 2.75) is 39.3 Å². The van der Waals surface area contributed by atoms with Gasteiger partial charge in [0.1, 0.15) is 0 Å². The molecule has 0 unspecified atom stereocenters. The molecule has 0 radical (unpaired) electrons. The molecule has 6 heteroatoms. The van der Waals surface area contributed by atoms with Crippen LogP contribution in [0, 0.1) is 0 Å². The number of hydrogen-bond donors (Lipinski definition) is 2. The number of likely N-dealkylation sites (tertiary alicyclic amines) is 1. The summed E-state index contributed by atoms with van der Waals surface area (Å²) in [6.07, 6.45) is 4.07. The first-order chi connectivity index (χ1) is 11.8. The van der Waals surface area contributed by atoms with Crippen molar-refractivity contribution in [3.63, 3.8) is 0 Å². The van der Waals surface area contributed by atoms with Gasteiger partial charge in [0.15, 0.2) is 5.96 Å². The summed E-state index contributed by atoms with van der Waals surface area (Å²) in [6, 6.07) is 8.44. The topological polar surface area (TPSA) is 48.9 Å². The number of nitrogens with one attached hydrogen (secondary N) is 2. The van der Waals surface area contributed by atoms with Crippen LogP contribution in [-0.4, -0.2) is 50.7 Å². The quantitative estimate of drug-likeness (QED) is 0.356. The summed E-state index contributed by atoms with van der Waals surface area (Å²) >= 11 is 0. The zero-order chi connectivity index (χ0) is 17.0. The first-order valence-corrected chi connectivity index (χ1v) is 9.13. The lowest BCUT2D eigenvalue weighted by molar-refractivity contribution is 0.185. The zero-order valence-electron chi connectivity index (χ0n) is 15.6. The minimum atomic E-state index is 0. The van der Waals surface area contributed by atoms with Gasteiger partial charge in [0.2, 0.25) is 0 Å². The zero-order valence-corrected chi connectivity index (χ0v) is 17.9. The van der Waals surface area contributed by atoms with E-state index in [1.807, 2.05) is 0 Å². The van der Waals surface area contributed by atoms with Gasteiger partial charge in [0.05, 0.1) is 13.2 Å². The Balaban J connectivity index is 0.00000312. The molecule has 1 aromatic rings. The van der Waals surface area contributed by atoms with Crippen molar-refractivity contribution in [1.29, 1.82) is 0 Å². The third-order valence-corrected chi connectivity index (χ3v) is 4.27. The number of benzene rings is 1. The minimum Gasteiger partial charge on any atom is -0.380 e. The molecule has 0 bridgehead atoms. The van der Waals surface area contributed by atoms with E-state index in [0.717, 1.165) is 25.6 Å². The van der Waals surface area contributed by atoms with Crippen molar-refractivity contribution in [3.05, 3.63) is 35.4 Å².